The standard InChI is InChI=1S/C22H28N4O2.2ClH/c1-15(2)20-12-18(17-7-3-4-8-19(17)24-20)22(28)25-10-5-6-16(14-25)26-11-9-23-13-21(26)27;;/h3-4,7-8,12,15-16,23H,5-6,9-11,13-14H2,1-2H3;2*1H. The highest BCUT2D eigenvalue weighted by atomic mass is 35.5. The van der Waals surface area contributed by atoms with Crippen molar-refractivity contribution >= 4 is 47.5 Å². The number of carbonyl (C=O) groups is 2. The quantitative estimate of drug-likeness (QED) is 0.775. The van der Waals surface area contributed by atoms with Crippen molar-refractivity contribution in [2.75, 3.05) is 32.7 Å². The molecule has 0 saturated carbocycles. The molecule has 1 aromatic carbocycles. The SMILES string of the molecule is CC(C)c1cc(C(=O)N2CCCC(N3CCNCC3=O)C2)c2ccccc2n1.Cl.Cl. The number of halogens is 2. The second-order valence-corrected chi connectivity index (χ2v) is 8.08. The number of hydrogen-bond donors (Lipinski definition) is 1. The summed E-state index contributed by atoms with van der Waals surface area (Å²) in [7, 11) is 0. The van der Waals surface area contributed by atoms with E-state index in [0.717, 1.165) is 54.6 Å². The maximum absolute atomic E-state index is 13.5. The molecule has 1 N–H and O–H groups in total. The minimum atomic E-state index is 0. The van der Waals surface area contributed by atoms with Crippen LogP contribution in [0.15, 0.2) is 30.3 Å². The number of benzene rings is 1. The third-order valence-corrected chi connectivity index (χ3v) is 5.81. The van der Waals surface area contributed by atoms with E-state index < -0.39 is 0 Å². The molecule has 2 aromatic rings. The first-order valence-electron chi connectivity index (χ1n) is 10.2. The van der Waals surface area contributed by atoms with E-state index >= 15 is 0 Å². The molecule has 0 bridgehead atoms. The molecule has 2 aliphatic rings. The normalized spacial score (nSPS) is 19.4. The maximum Gasteiger partial charge on any atom is 0.254 e. The van der Waals surface area contributed by atoms with Crippen LogP contribution in [-0.4, -0.2) is 65.4 Å². The summed E-state index contributed by atoms with van der Waals surface area (Å²) in [6.07, 6.45) is 1.89. The van der Waals surface area contributed by atoms with Gasteiger partial charge < -0.3 is 15.1 Å². The monoisotopic (exact) mass is 452 g/mol. The average molecular weight is 453 g/mol. The molecule has 4 rings (SSSR count). The van der Waals surface area contributed by atoms with Crippen LogP contribution in [0, 0.1) is 0 Å². The molecule has 2 fully saturated rings. The first-order chi connectivity index (χ1) is 13.5. The van der Waals surface area contributed by atoms with Crippen molar-refractivity contribution in [1.82, 2.24) is 20.1 Å². The summed E-state index contributed by atoms with van der Waals surface area (Å²) >= 11 is 0. The van der Waals surface area contributed by atoms with Crippen LogP contribution in [0.4, 0.5) is 0 Å². The average Bonchev–Trinajstić information content (AvgIpc) is 2.72. The van der Waals surface area contributed by atoms with Gasteiger partial charge in [-0.15, -0.1) is 24.8 Å². The fraction of sp³-hybridized carbons (Fsp3) is 0.500. The third-order valence-electron chi connectivity index (χ3n) is 5.81. The first-order valence-corrected chi connectivity index (χ1v) is 10.2. The second-order valence-electron chi connectivity index (χ2n) is 8.08. The van der Waals surface area contributed by atoms with Gasteiger partial charge in [0.1, 0.15) is 0 Å². The lowest BCUT2D eigenvalue weighted by Gasteiger charge is -2.41. The van der Waals surface area contributed by atoms with Crippen LogP contribution in [0.25, 0.3) is 10.9 Å². The van der Waals surface area contributed by atoms with Crippen LogP contribution in [0.3, 0.4) is 0 Å². The second kappa shape index (κ2) is 10.4. The molecule has 2 aliphatic heterocycles. The number of carbonyl (C=O) groups excluding carboxylic acids is 2. The van der Waals surface area contributed by atoms with Crippen LogP contribution >= 0.6 is 24.8 Å². The van der Waals surface area contributed by atoms with Gasteiger partial charge >= 0.3 is 0 Å². The number of nitrogens with zero attached hydrogens (tertiary/aromatic N) is 3. The Bertz CT molecular complexity index is 906. The first kappa shape index (κ1) is 24.4. The molecule has 1 aromatic heterocycles. The molecule has 3 heterocycles. The summed E-state index contributed by atoms with van der Waals surface area (Å²) in [5, 5.41) is 4.02. The minimum Gasteiger partial charge on any atom is -0.337 e. The molecule has 0 spiro atoms. The number of rotatable bonds is 3. The summed E-state index contributed by atoms with van der Waals surface area (Å²) in [6.45, 7) is 7.49. The fourth-order valence-corrected chi connectivity index (χ4v) is 4.24. The zero-order chi connectivity index (χ0) is 19.7. The molecule has 1 unspecified atom stereocenters. The molecule has 0 aliphatic carbocycles. The van der Waals surface area contributed by atoms with Gasteiger partial charge in [0.05, 0.1) is 17.6 Å². The molecular weight excluding hydrogens is 423 g/mol. The highest BCUT2D eigenvalue weighted by Gasteiger charge is 2.32. The van der Waals surface area contributed by atoms with Crippen molar-refractivity contribution in [3.05, 3.63) is 41.6 Å². The topological polar surface area (TPSA) is 65.5 Å². The molecule has 164 valence electrons. The lowest BCUT2D eigenvalue weighted by Crippen LogP contribution is -2.57. The van der Waals surface area contributed by atoms with Crippen LogP contribution < -0.4 is 5.32 Å². The highest BCUT2D eigenvalue weighted by Crippen LogP contribution is 2.25. The van der Waals surface area contributed by atoms with E-state index in [1.54, 1.807) is 0 Å². The maximum atomic E-state index is 13.5. The lowest BCUT2D eigenvalue weighted by molar-refractivity contribution is -0.135. The summed E-state index contributed by atoms with van der Waals surface area (Å²) in [5.41, 5.74) is 2.53. The number of amides is 2. The van der Waals surface area contributed by atoms with Gasteiger partial charge in [-0.3, -0.25) is 14.6 Å². The number of para-hydroxylation sites is 1. The Kier molecular flexibility index (Phi) is 8.47. The van der Waals surface area contributed by atoms with Gasteiger partial charge in [0.15, 0.2) is 0 Å². The number of hydrogen-bond acceptors (Lipinski definition) is 4. The van der Waals surface area contributed by atoms with E-state index in [1.807, 2.05) is 40.1 Å². The van der Waals surface area contributed by atoms with Crippen molar-refractivity contribution in [1.29, 1.82) is 0 Å². The molecule has 6 nitrogen and oxygen atoms in total. The number of fused-ring (bicyclic) bond motifs is 1. The lowest BCUT2D eigenvalue weighted by atomic mass is 9.99. The third kappa shape index (κ3) is 4.88. The Balaban J connectivity index is 0.00000160. The van der Waals surface area contributed by atoms with Gasteiger partial charge in [0, 0.05) is 43.3 Å². The molecule has 8 heteroatoms. The predicted octanol–water partition coefficient (Wildman–Crippen LogP) is 3.24. The molecule has 2 amide bonds. The van der Waals surface area contributed by atoms with Crippen LogP contribution in [0.1, 0.15) is 48.7 Å². The Morgan fingerprint density at radius 1 is 1.20 bits per heavy atom. The van der Waals surface area contributed by atoms with Crippen LogP contribution in [0.2, 0.25) is 0 Å². The van der Waals surface area contributed by atoms with E-state index in [-0.39, 0.29) is 48.6 Å². The van der Waals surface area contributed by atoms with Crippen molar-refractivity contribution in [2.24, 2.45) is 0 Å². The van der Waals surface area contributed by atoms with Crippen LogP contribution in [-0.2, 0) is 4.79 Å². The highest BCUT2D eigenvalue weighted by molar-refractivity contribution is 6.06. The van der Waals surface area contributed by atoms with Crippen LogP contribution in [0.5, 0.6) is 0 Å². The Hall–Kier alpha value is -1.89. The van der Waals surface area contributed by atoms with E-state index in [9.17, 15) is 9.59 Å². The Morgan fingerprint density at radius 2 is 1.97 bits per heavy atom. The number of likely N-dealkylation sites (tertiary alicyclic amines) is 1. The molecule has 30 heavy (non-hydrogen) atoms. The Labute approximate surface area is 190 Å². The molecule has 2 saturated heterocycles. The van der Waals surface area contributed by atoms with Gasteiger partial charge in [-0.1, -0.05) is 32.0 Å². The molecular formula is C22H30Cl2N4O2. The largest absolute Gasteiger partial charge is 0.337 e. The van der Waals surface area contributed by atoms with Gasteiger partial charge in [0.2, 0.25) is 5.91 Å². The summed E-state index contributed by atoms with van der Waals surface area (Å²) in [4.78, 5) is 34.4. The number of pyridine rings is 1. The number of piperazine rings is 1. The smallest absolute Gasteiger partial charge is 0.254 e. The van der Waals surface area contributed by atoms with Crippen molar-refractivity contribution in [3.8, 4) is 0 Å². The summed E-state index contributed by atoms with van der Waals surface area (Å²) in [6, 6.07) is 9.92. The van der Waals surface area contributed by atoms with E-state index in [4.69, 9.17) is 4.98 Å². The summed E-state index contributed by atoms with van der Waals surface area (Å²) in [5.74, 6) is 0.443. The number of piperidine rings is 1. The van der Waals surface area contributed by atoms with E-state index in [2.05, 4.69) is 19.2 Å². The van der Waals surface area contributed by atoms with Crippen molar-refractivity contribution < 1.29 is 9.59 Å². The summed E-state index contributed by atoms with van der Waals surface area (Å²) < 4.78 is 0. The molecule has 1 atom stereocenters. The van der Waals surface area contributed by atoms with Gasteiger partial charge in [-0.2, -0.15) is 0 Å². The van der Waals surface area contributed by atoms with E-state index in [0.29, 0.717) is 13.1 Å². The van der Waals surface area contributed by atoms with Crippen molar-refractivity contribution in [2.45, 2.75) is 38.6 Å². The van der Waals surface area contributed by atoms with Crippen molar-refractivity contribution in [3.63, 3.8) is 0 Å². The van der Waals surface area contributed by atoms with Gasteiger partial charge in [-0.25, -0.2) is 0 Å². The zero-order valence-electron chi connectivity index (χ0n) is 17.5. The van der Waals surface area contributed by atoms with Gasteiger partial charge in [0.25, 0.3) is 5.91 Å². The molecule has 0 radical (unpaired) electrons. The number of nitrogens with one attached hydrogen (secondary N) is 1. The Morgan fingerprint density at radius 3 is 2.70 bits per heavy atom. The van der Waals surface area contributed by atoms with E-state index in [1.165, 1.54) is 0 Å². The minimum absolute atomic E-state index is 0. The number of aromatic nitrogens is 1. The fourth-order valence-electron chi connectivity index (χ4n) is 4.24. The van der Waals surface area contributed by atoms with Gasteiger partial charge in [-0.05, 0) is 30.9 Å². The predicted molar refractivity (Wildman–Crippen MR) is 124 cm³/mol. The zero-order valence-corrected chi connectivity index (χ0v) is 19.1.